The van der Waals surface area contributed by atoms with Crippen molar-refractivity contribution in [1.82, 2.24) is 0 Å². The van der Waals surface area contributed by atoms with Gasteiger partial charge in [0, 0.05) is 6.21 Å². The van der Waals surface area contributed by atoms with Crippen molar-refractivity contribution >= 4 is 6.21 Å². The Morgan fingerprint density at radius 1 is 1.25 bits per heavy atom. The van der Waals surface area contributed by atoms with E-state index in [4.69, 9.17) is 0 Å². The predicted octanol–water partition coefficient (Wildman–Crippen LogP) is 2.82. The van der Waals surface area contributed by atoms with E-state index in [0.717, 1.165) is 11.8 Å². The van der Waals surface area contributed by atoms with Gasteiger partial charge in [-0.1, -0.05) is 19.4 Å². The van der Waals surface area contributed by atoms with E-state index >= 15 is 0 Å². The molecule has 12 heavy (non-hydrogen) atoms. The lowest BCUT2D eigenvalue weighted by Gasteiger charge is -2.17. The molecular weight excluding hydrogens is 146 g/mol. The molecule has 0 saturated carbocycles. The van der Waals surface area contributed by atoms with Crippen LogP contribution in [0.4, 0.5) is 0 Å². The molecule has 0 aromatic carbocycles. The monoisotopic (exact) mass is 163 g/mol. The van der Waals surface area contributed by atoms with Crippen molar-refractivity contribution in [3.63, 3.8) is 0 Å². The molecule has 0 amide bonds. The third kappa shape index (κ3) is 1.12. The van der Waals surface area contributed by atoms with Crippen LogP contribution >= 0.6 is 0 Å². The molecule has 66 valence electrons. The van der Waals surface area contributed by atoms with Gasteiger partial charge in [-0.05, 0) is 37.2 Å². The van der Waals surface area contributed by atoms with E-state index in [1.165, 1.54) is 12.8 Å². The summed E-state index contributed by atoms with van der Waals surface area (Å²) in [5.74, 6) is 1.57. The quantitative estimate of drug-likeness (QED) is 0.520. The summed E-state index contributed by atoms with van der Waals surface area (Å²) < 4.78 is 0. The first-order valence-electron chi connectivity index (χ1n) is 4.94. The Morgan fingerprint density at radius 2 is 2.00 bits per heavy atom. The second kappa shape index (κ2) is 2.72. The smallest absolute Gasteiger partial charge is 0.0508 e. The molecule has 0 saturated heterocycles. The van der Waals surface area contributed by atoms with Crippen LogP contribution in [0.15, 0.2) is 16.1 Å². The van der Waals surface area contributed by atoms with Crippen molar-refractivity contribution in [2.75, 3.05) is 0 Å². The summed E-state index contributed by atoms with van der Waals surface area (Å²) in [6.45, 7) is 6.88. The van der Waals surface area contributed by atoms with E-state index in [0.29, 0.717) is 6.04 Å². The normalized spacial score (nSPS) is 40.4. The van der Waals surface area contributed by atoms with Gasteiger partial charge in [0.15, 0.2) is 0 Å². The van der Waals surface area contributed by atoms with Gasteiger partial charge in [0.1, 0.15) is 0 Å². The highest BCUT2D eigenvalue weighted by Crippen LogP contribution is 2.39. The van der Waals surface area contributed by atoms with E-state index < -0.39 is 0 Å². The standard InChI is InChI=1S/C11H17N/c1-7-4-8(2)11-6-12-9(3)5-10(7)11/h6-9H,4-5H2,1-3H3/t7-,8+,9?/m0/s1. The molecule has 2 aliphatic rings. The van der Waals surface area contributed by atoms with E-state index in [2.05, 4.69) is 32.0 Å². The van der Waals surface area contributed by atoms with Crippen LogP contribution in [-0.4, -0.2) is 12.3 Å². The molecule has 0 bridgehead atoms. The minimum Gasteiger partial charge on any atom is -0.290 e. The third-order valence-electron chi connectivity index (χ3n) is 3.19. The molecule has 2 rings (SSSR count). The molecule has 0 aromatic heterocycles. The molecule has 1 unspecified atom stereocenters. The molecule has 1 nitrogen and oxygen atoms in total. The highest BCUT2D eigenvalue weighted by Gasteiger charge is 2.29. The van der Waals surface area contributed by atoms with Gasteiger partial charge >= 0.3 is 0 Å². The molecular formula is C11H17N. The Kier molecular flexibility index (Phi) is 1.82. The van der Waals surface area contributed by atoms with Crippen LogP contribution in [0.1, 0.15) is 33.6 Å². The van der Waals surface area contributed by atoms with Crippen molar-refractivity contribution in [1.29, 1.82) is 0 Å². The largest absolute Gasteiger partial charge is 0.290 e. The molecule has 0 radical (unpaired) electrons. The van der Waals surface area contributed by atoms with Crippen LogP contribution in [0.3, 0.4) is 0 Å². The molecule has 1 aliphatic heterocycles. The van der Waals surface area contributed by atoms with Gasteiger partial charge in [0.2, 0.25) is 0 Å². The van der Waals surface area contributed by atoms with Crippen LogP contribution in [0.2, 0.25) is 0 Å². The lowest BCUT2D eigenvalue weighted by atomic mass is 9.95. The van der Waals surface area contributed by atoms with Gasteiger partial charge in [-0.3, -0.25) is 4.99 Å². The number of rotatable bonds is 0. The molecule has 1 aliphatic carbocycles. The molecule has 3 atom stereocenters. The van der Waals surface area contributed by atoms with Crippen LogP contribution < -0.4 is 0 Å². The first-order valence-corrected chi connectivity index (χ1v) is 4.94. The zero-order chi connectivity index (χ0) is 8.72. The summed E-state index contributed by atoms with van der Waals surface area (Å²) in [7, 11) is 0. The fourth-order valence-electron chi connectivity index (χ4n) is 2.51. The van der Waals surface area contributed by atoms with E-state index in [1.807, 2.05) is 0 Å². The van der Waals surface area contributed by atoms with E-state index in [-0.39, 0.29) is 0 Å². The fourth-order valence-corrected chi connectivity index (χ4v) is 2.51. The summed E-state index contributed by atoms with van der Waals surface area (Å²) in [5, 5.41) is 0. The summed E-state index contributed by atoms with van der Waals surface area (Å²) in [6.07, 6.45) is 4.67. The van der Waals surface area contributed by atoms with Gasteiger partial charge < -0.3 is 0 Å². The lowest BCUT2D eigenvalue weighted by molar-refractivity contribution is 0.557. The highest BCUT2D eigenvalue weighted by molar-refractivity contribution is 5.82. The maximum absolute atomic E-state index is 4.47. The summed E-state index contributed by atoms with van der Waals surface area (Å²) in [5.41, 5.74) is 3.23. The predicted molar refractivity (Wildman–Crippen MR) is 52.5 cm³/mol. The topological polar surface area (TPSA) is 12.4 Å². The van der Waals surface area contributed by atoms with Gasteiger partial charge in [-0.2, -0.15) is 0 Å². The highest BCUT2D eigenvalue weighted by atomic mass is 14.8. The van der Waals surface area contributed by atoms with Crippen molar-refractivity contribution in [2.24, 2.45) is 16.8 Å². The Morgan fingerprint density at radius 3 is 2.75 bits per heavy atom. The maximum atomic E-state index is 4.47. The number of hydrogen-bond donors (Lipinski definition) is 0. The minimum atomic E-state index is 0.525. The summed E-state index contributed by atoms with van der Waals surface area (Å²) in [6, 6.07) is 0.525. The molecule has 0 fully saturated rings. The van der Waals surface area contributed by atoms with Gasteiger partial charge in [0.25, 0.3) is 0 Å². The lowest BCUT2D eigenvalue weighted by Crippen LogP contribution is -2.10. The van der Waals surface area contributed by atoms with Crippen LogP contribution in [0.25, 0.3) is 0 Å². The number of dihydropyridines is 1. The zero-order valence-electron chi connectivity index (χ0n) is 8.17. The summed E-state index contributed by atoms with van der Waals surface area (Å²) >= 11 is 0. The molecule has 0 N–H and O–H groups in total. The average molecular weight is 163 g/mol. The zero-order valence-corrected chi connectivity index (χ0v) is 8.17. The number of hydrogen-bond acceptors (Lipinski definition) is 1. The second-order valence-electron chi connectivity index (χ2n) is 4.35. The minimum absolute atomic E-state index is 0.525. The SMILES string of the molecule is CC1CC2=C(C=N1)[C@H](C)C[C@@H]2C. The second-order valence-corrected chi connectivity index (χ2v) is 4.35. The number of aliphatic imine (C=N–C) groups is 1. The van der Waals surface area contributed by atoms with Gasteiger partial charge in [-0.25, -0.2) is 0 Å². The summed E-state index contributed by atoms with van der Waals surface area (Å²) in [4.78, 5) is 4.47. The first-order chi connectivity index (χ1) is 5.68. The van der Waals surface area contributed by atoms with E-state index in [9.17, 15) is 0 Å². The number of nitrogens with zero attached hydrogens (tertiary/aromatic N) is 1. The number of allylic oxidation sites excluding steroid dienone is 1. The van der Waals surface area contributed by atoms with Crippen LogP contribution in [0.5, 0.6) is 0 Å². The molecule has 0 aromatic rings. The third-order valence-corrected chi connectivity index (χ3v) is 3.19. The van der Waals surface area contributed by atoms with Gasteiger partial charge in [0.05, 0.1) is 6.04 Å². The Bertz CT molecular complexity index is 250. The fraction of sp³-hybridized carbons (Fsp3) is 0.727. The van der Waals surface area contributed by atoms with Crippen molar-refractivity contribution < 1.29 is 0 Å². The van der Waals surface area contributed by atoms with Crippen LogP contribution in [0, 0.1) is 11.8 Å². The van der Waals surface area contributed by atoms with E-state index in [1.54, 1.807) is 11.1 Å². The molecule has 0 spiro atoms. The van der Waals surface area contributed by atoms with Gasteiger partial charge in [-0.15, -0.1) is 0 Å². The van der Waals surface area contributed by atoms with Crippen molar-refractivity contribution in [3.8, 4) is 0 Å². The maximum Gasteiger partial charge on any atom is 0.0508 e. The van der Waals surface area contributed by atoms with Crippen LogP contribution in [-0.2, 0) is 0 Å². The Labute approximate surface area is 74.6 Å². The average Bonchev–Trinajstić information content (AvgIpc) is 2.28. The first kappa shape index (κ1) is 8.03. The van der Waals surface area contributed by atoms with Crippen molar-refractivity contribution in [2.45, 2.75) is 39.7 Å². The Hall–Kier alpha value is -0.590. The molecule has 1 heteroatoms. The molecule has 1 heterocycles. The van der Waals surface area contributed by atoms with Crippen molar-refractivity contribution in [3.05, 3.63) is 11.1 Å². The Balaban J connectivity index is 2.30.